The number of halogens is 1. The van der Waals surface area contributed by atoms with Crippen molar-refractivity contribution in [2.75, 3.05) is 5.73 Å². The Hall–Kier alpha value is -4.44. The second-order valence-corrected chi connectivity index (χ2v) is 7.41. The van der Waals surface area contributed by atoms with Crippen molar-refractivity contribution >= 4 is 11.6 Å². The Kier molecular flexibility index (Phi) is 4.05. The maximum absolute atomic E-state index is 13.4. The summed E-state index contributed by atoms with van der Waals surface area (Å²) in [5.74, 6) is -0.889. The number of benzene rings is 1. The quantitative estimate of drug-likeness (QED) is 0.411. The summed E-state index contributed by atoms with van der Waals surface area (Å²) in [6.07, 6.45) is 1.00. The molecule has 3 N–H and O–H groups in total. The van der Waals surface area contributed by atoms with Crippen LogP contribution >= 0.6 is 0 Å². The van der Waals surface area contributed by atoms with Crippen LogP contribution in [-0.2, 0) is 13.2 Å². The van der Waals surface area contributed by atoms with Gasteiger partial charge in [-0.2, -0.15) is 0 Å². The Morgan fingerprint density at radius 1 is 1.12 bits per heavy atom. The van der Waals surface area contributed by atoms with Gasteiger partial charge >= 0.3 is 5.69 Å². The average molecular weight is 462 g/mol. The molecule has 34 heavy (non-hydrogen) atoms. The van der Waals surface area contributed by atoms with Crippen LogP contribution in [0.4, 0.5) is 10.3 Å². The van der Waals surface area contributed by atoms with Crippen molar-refractivity contribution in [1.29, 1.82) is 0 Å². The van der Waals surface area contributed by atoms with Crippen LogP contribution in [0.15, 0.2) is 65.5 Å². The highest BCUT2D eigenvalue weighted by molar-refractivity contribution is 5.90. The van der Waals surface area contributed by atoms with Crippen LogP contribution in [0.25, 0.3) is 28.0 Å². The third-order valence-corrected chi connectivity index (χ3v) is 5.05. The van der Waals surface area contributed by atoms with Gasteiger partial charge in [0.2, 0.25) is 5.95 Å². The number of fused-ring (bicyclic) bond motifs is 1. The number of nitrogens with zero attached hydrogens (tertiary/aromatic N) is 6. The van der Waals surface area contributed by atoms with Gasteiger partial charge < -0.3 is 10.8 Å². The van der Waals surface area contributed by atoms with Crippen LogP contribution in [0.1, 0.15) is 23.9 Å². The number of aryl methyl sites for hydroxylation is 1. The molecule has 5 aromatic rings. The zero-order chi connectivity index (χ0) is 28.2. The summed E-state index contributed by atoms with van der Waals surface area (Å²) in [6, 6.07) is 2.93. The molecular formula is C24H20FN7O2. The summed E-state index contributed by atoms with van der Waals surface area (Å²) < 4.78 is 56.6. The van der Waals surface area contributed by atoms with E-state index in [1.807, 2.05) is 0 Å². The Bertz CT molecular complexity index is 1810. The fraction of sp³-hybridized carbons (Fsp3) is 0.125. The molecule has 5 rings (SSSR count). The molecule has 10 heteroatoms. The molecule has 0 unspecified atom stereocenters. The van der Waals surface area contributed by atoms with Crippen LogP contribution in [-0.4, -0.2) is 34.2 Å². The number of nitrogen functional groups attached to an aromatic ring is 1. The number of rotatable bonds is 5. The number of pyridine rings is 2. The molecule has 4 heterocycles. The molecule has 0 fully saturated rings. The van der Waals surface area contributed by atoms with Gasteiger partial charge in [0.1, 0.15) is 5.82 Å². The van der Waals surface area contributed by atoms with Crippen molar-refractivity contribution in [3.63, 3.8) is 0 Å². The number of aromatic nitrogens is 6. The Labute approximate surface area is 200 Å². The monoisotopic (exact) mass is 462 g/mol. The molecule has 1 aromatic carbocycles. The van der Waals surface area contributed by atoms with Crippen molar-refractivity contribution in [3.05, 3.63) is 94.1 Å². The van der Waals surface area contributed by atoms with E-state index < -0.39 is 48.3 Å². The maximum Gasteiger partial charge on any atom is 0.353 e. The van der Waals surface area contributed by atoms with Gasteiger partial charge in [0.25, 0.3) is 0 Å². The minimum atomic E-state index is -0.692. The van der Waals surface area contributed by atoms with Crippen molar-refractivity contribution in [3.8, 4) is 22.4 Å². The van der Waals surface area contributed by atoms with Crippen LogP contribution in [0, 0.1) is 12.7 Å². The summed E-state index contributed by atoms with van der Waals surface area (Å²) in [7, 11) is 0. The van der Waals surface area contributed by atoms with Gasteiger partial charge in [-0.05, 0) is 36.8 Å². The number of nitrogens with two attached hydrogens (primary N) is 1. The summed E-state index contributed by atoms with van der Waals surface area (Å²) in [5.41, 5.74) is 6.73. The molecule has 0 saturated carbocycles. The second-order valence-electron chi connectivity index (χ2n) is 7.41. The van der Waals surface area contributed by atoms with Gasteiger partial charge in [-0.15, -0.1) is 5.10 Å². The van der Waals surface area contributed by atoms with E-state index in [-0.39, 0.29) is 40.7 Å². The fourth-order valence-electron chi connectivity index (χ4n) is 3.64. The van der Waals surface area contributed by atoms with Crippen LogP contribution in [0.5, 0.6) is 0 Å². The molecule has 0 saturated heterocycles. The Morgan fingerprint density at radius 2 is 1.91 bits per heavy atom. The van der Waals surface area contributed by atoms with E-state index in [0.29, 0.717) is 17.0 Å². The number of aliphatic hydroxyl groups excluding tert-OH is 1. The van der Waals surface area contributed by atoms with Crippen LogP contribution in [0.3, 0.4) is 0 Å². The largest absolute Gasteiger partial charge is 0.390 e. The summed E-state index contributed by atoms with van der Waals surface area (Å²) >= 11 is 0. The van der Waals surface area contributed by atoms with Crippen LogP contribution in [0.2, 0.25) is 0 Å². The maximum atomic E-state index is 13.4. The van der Waals surface area contributed by atoms with Crippen molar-refractivity contribution in [2.24, 2.45) is 0 Å². The minimum Gasteiger partial charge on any atom is -0.390 e. The fourth-order valence-corrected chi connectivity index (χ4v) is 3.64. The molecule has 0 spiro atoms. The third-order valence-electron chi connectivity index (χ3n) is 5.05. The highest BCUT2D eigenvalue weighted by atomic mass is 19.1. The first-order valence-electron chi connectivity index (χ1n) is 12.6. The van der Waals surface area contributed by atoms with Crippen molar-refractivity contribution in [1.82, 2.24) is 29.1 Å². The smallest absolute Gasteiger partial charge is 0.353 e. The summed E-state index contributed by atoms with van der Waals surface area (Å²) in [6.45, 7) is 1.13. The molecular weight excluding hydrogens is 437 g/mol. The van der Waals surface area contributed by atoms with E-state index in [0.717, 1.165) is 15.3 Å². The highest BCUT2D eigenvalue weighted by Gasteiger charge is 2.22. The highest BCUT2D eigenvalue weighted by Crippen LogP contribution is 2.34. The molecule has 0 amide bonds. The van der Waals surface area contributed by atoms with Gasteiger partial charge in [-0.1, -0.05) is 30.2 Å². The van der Waals surface area contributed by atoms with E-state index >= 15 is 0 Å². The van der Waals surface area contributed by atoms with Gasteiger partial charge in [0, 0.05) is 11.3 Å². The molecule has 0 bridgehead atoms. The lowest BCUT2D eigenvalue weighted by Gasteiger charge is -2.13. The normalized spacial score (nSPS) is 13.3. The molecule has 0 atom stereocenters. The first-order chi connectivity index (χ1) is 18.5. The van der Waals surface area contributed by atoms with E-state index in [4.69, 9.17) is 12.6 Å². The van der Waals surface area contributed by atoms with Crippen LogP contribution < -0.4 is 11.4 Å². The predicted molar refractivity (Wildman–Crippen MR) is 124 cm³/mol. The lowest BCUT2D eigenvalue weighted by Crippen LogP contribution is -2.24. The lowest BCUT2D eigenvalue weighted by molar-refractivity contribution is 0.276. The number of hydrogen-bond acceptors (Lipinski definition) is 7. The Balaban J connectivity index is 1.90. The van der Waals surface area contributed by atoms with Gasteiger partial charge in [-0.3, -0.25) is 9.97 Å². The molecule has 0 aliphatic carbocycles. The first kappa shape index (κ1) is 16.2. The average Bonchev–Trinajstić information content (AvgIpc) is 3.23. The molecule has 4 aromatic heterocycles. The van der Waals surface area contributed by atoms with Crippen molar-refractivity contribution in [2.45, 2.75) is 20.1 Å². The number of aliphatic hydroxyl groups is 1. The Morgan fingerprint density at radius 3 is 2.62 bits per heavy atom. The van der Waals surface area contributed by atoms with E-state index in [1.165, 1.54) is 18.2 Å². The standard InChI is InChI=1S/C24H20FN7O2/c1-14-9-16(10-19(13-33)28-14)20-21(15-5-3-2-4-6-15)29-23(26)32-22(20)30-31(24(32)34)12-18-8-7-17(25)11-27-18/h2-11,33H,12-13H2,1H3,(H2,26,29)/i2D,3D,4D,5D,6D. The summed E-state index contributed by atoms with van der Waals surface area (Å²) in [5, 5.41) is 14.2. The van der Waals surface area contributed by atoms with Gasteiger partial charge in [0.15, 0.2) is 5.65 Å². The second kappa shape index (κ2) is 8.49. The molecule has 0 aliphatic heterocycles. The van der Waals surface area contributed by atoms with E-state index in [1.54, 1.807) is 13.0 Å². The van der Waals surface area contributed by atoms with E-state index in [2.05, 4.69) is 20.1 Å². The van der Waals surface area contributed by atoms with Crippen molar-refractivity contribution < 1.29 is 16.4 Å². The van der Waals surface area contributed by atoms with E-state index in [9.17, 15) is 14.3 Å². The zero-order valence-corrected chi connectivity index (χ0v) is 17.8. The topological polar surface area (TPSA) is 124 Å². The SMILES string of the molecule is [2H]c1c([2H])c([2H])c(-c2nc(N)n3c(=O)n(Cc4ccc(F)cn4)nc3c2-c2cc(C)nc(CO)c2)c([2H])c1[2H]. The molecule has 0 radical (unpaired) electrons. The number of hydrogen-bond donors (Lipinski definition) is 2. The lowest BCUT2D eigenvalue weighted by atomic mass is 9.99. The molecule has 170 valence electrons. The minimum absolute atomic E-state index is 0.0223. The number of anilines is 1. The predicted octanol–water partition coefficient (Wildman–Crippen LogP) is 2.59. The third kappa shape index (κ3) is 3.80. The molecule has 0 aliphatic rings. The van der Waals surface area contributed by atoms with Gasteiger partial charge in [-0.25, -0.2) is 23.3 Å². The zero-order valence-electron chi connectivity index (χ0n) is 22.8. The molecule has 9 nitrogen and oxygen atoms in total. The summed E-state index contributed by atoms with van der Waals surface area (Å²) in [4.78, 5) is 25.9. The first-order valence-corrected chi connectivity index (χ1v) is 10.1. The van der Waals surface area contributed by atoms with Gasteiger partial charge in [0.05, 0.1) is 48.8 Å².